The van der Waals surface area contributed by atoms with Crippen molar-refractivity contribution in [2.45, 2.75) is 50.4 Å². The van der Waals surface area contributed by atoms with Crippen LogP contribution in [0.15, 0.2) is 54.6 Å². The van der Waals surface area contributed by atoms with Crippen molar-refractivity contribution >= 4 is 23.6 Å². The molecule has 2 aromatic rings. The van der Waals surface area contributed by atoms with Crippen LogP contribution in [-0.2, 0) is 9.59 Å². The number of amides is 1. The molecule has 5 nitrogen and oxygen atoms in total. The van der Waals surface area contributed by atoms with Crippen LogP contribution in [0, 0.1) is 0 Å². The first-order valence-electron chi connectivity index (χ1n) is 10.1. The Morgan fingerprint density at radius 2 is 1.83 bits per heavy atom. The van der Waals surface area contributed by atoms with Crippen molar-refractivity contribution in [3.05, 3.63) is 60.2 Å². The van der Waals surface area contributed by atoms with E-state index >= 15 is 0 Å². The molecule has 2 atom stereocenters. The van der Waals surface area contributed by atoms with E-state index in [0.29, 0.717) is 17.9 Å². The SMILES string of the molecule is CCCCCCC(=O)N1C(C(=O)O)CSC1c1cccc(Oc2ccccc2)c1. The number of para-hydroxylation sites is 1. The topological polar surface area (TPSA) is 66.8 Å². The van der Waals surface area contributed by atoms with Gasteiger partial charge in [0.15, 0.2) is 0 Å². The molecule has 29 heavy (non-hydrogen) atoms. The van der Waals surface area contributed by atoms with Crippen LogP contribution in [0.1, 0.15) is 50.0 Å². The van der Waals surface area contributed by atoms with Gasteiger partial charge in [-0.05, 0) is 36.2 Å². The van der Waals surface area contributed by atoms with Gasteiger partial charge in [0.1, 0.15) is 22.9 Å². The second-order valence-corrected chi connectivity index (χ2v) is 8.25. The average Bonchev–Trinajstić information content (AvgIpc) is 3.18. The van der Waals surface area contributed by atoms with Crippen molar-refractivity contribution in [1.82, 2.24) is 4.90 Å². The Labute approximate surface area is 176 Å². The maximum atomic E-state index is 12.9. The van der Waals surface area contributed by atoms with E-state index in [1.807, 2.05) is 54.6 Å². The van der Waals surface area contributed by atoms with Crippen molar-refractivity contribution < 1.29 is 19.4 Å². The smallest absolute Gasteiger partial charge is 0.327 e. The van der Waals surface area contributed by atoms with Gasteiger partial charge < -0.3 is 14.7 Å². The molecule has 3 rings (SSSR count). The van der Waals surface area contributed by atoms with E-state index in [1.165, 1.54) is 11.8 Å². The molecule has 154 valence electrons. The first-order chi connectivity index (χ1) is 14.1. The van der Waals surface area contributed by atoms with E-state index < -0.39 is 12.0 Å². The molecule has 0 bridgehead atoms. The fourth-order valence-electron chi connectivity index (χ4n) is 3.45. The quantitative estimate of drug-likeness (QED) is 0.552. The highest BCUT2D eigenvalue weighted by atomic mass is 32.2. The Hall–Kier alpha value is -2.47. The minimum Gasteiger partial charge on any atom is -0.480 e. The molecule has 0 spiro atoms. The number of carbonyl (C=O) groups is 2. The lowest BCUT2D eigenvalue weighted by Gasteiger charge is -2.28. The molecular formula is C23H27NO4S. The summed E-state index contributed by atoms with van der Waals surface area (Å²) in [6.07, 6.45) is 4.37. The summed E-state index contributed by atoms with van der Waals surface area (Å²) in [7, 11) is 0. The zero-order chi connectivity index (χ0) is 20.6. The lowest BCUT2D eigenvalue weighted by molar-refractivity contribution is -0.149. The second-order valence-electron chi connectivity index (χ2n) is 7.14. The minimum atomic E-state index is -0.946. The van der Waals surface area contributed by atoms with E-state index in [4.69, 9.17) is 4.74 Å². The Bertz CT molecular complexity index is 827. The summed E-state index contributed by atoms with van der Waals surface area (Å²) in [5.74, 6) is 0.765. The number of carbonyl (C=O) groups excluding carboxylic acids is 1. The van der Waals surface area contributed by atoms with Gasteiger partial charge >= 0.3 is 5.97 Å². The van der Waals surface area contributed by atoms with Gasteiger partial charge in [-0.3, -0.25) is 4.79 Å². The normalized spacial score (nSPS) is 18.6. The van der Waals surface area contributed by atoms with Crippen LogP contribution < -0.4 is 4.74 Å². The maximum absolute atomic E-state index is 12.9. The number of nitrogens with zero attached hydrogens (tertiary/aromatic N) is 1. The molecule has 0 saturated carbocycles. The van der Waals surface area contributed by atoms with Crippen LogP contribution in [0.2, 0.25) is 0 Å². The minimum absolute atomic E-state index is 0.0853. The lowest BCUT2D eigenvalue weighted by atomic mass is 10.1. The molecule has 0 radical (unpaired) electrons. The summed E-state index contributed by atoms with van der Waals surface area (Å²) in [4.78, 5) is 26.2. The van der Waals surface area contributed by atoms with E-state index in [9.17, 15) is 14.7 Å². The van der Waals surface area contributed by atoms with Crippen molar-refractivity contribution in [1.29, 1.82) is 0 Å². The van der Waals surface area contributed by atoms with Gasteiger partial charge in [0, 0.05) is 12.2 Å². The molecule has 1 N–H and O–H groups in total. The van der Waals surface area contributed by atoms with E-state index in [2.05, 4.69) is 6.92 Å². The summed E-state index contributed by atoms with van der Waals surface area (Å²) in [6, 6.07) is 16.3. The molecule has 1 amide bonds. The molecule has 1 heterocycles. The third kappa shape index (κ3) is 5.54. The molecule has 0 aliphatic carbocycles. The van der Waals surface area contributed by atoms with Crippen LogP contribution in [-0.4, -0.2) is 33.7 Å². The number of carboxylic acid groups (broad SMARTS) is 1. The van der Waals surface area contributed by atoms with Crippen molar-refractivity contribution in [2.24, 2.45) is 0 Å². The molecule has 2 aromatic carbocycles. The number of ether oxygens (including phenoxy) is 1. The van der Waals surface area contributed by atoms with Crippen molar-refractivity contribution in [2.75, 3.05) is 5.75 Å². The first kappa shape index (κ1) is 21.2. The number of hydrogen-bond donors (Lipinski definition) is 1. The number of benzene rings is 2. The van der Waals surface area contributed by atoms with Gasteiger partial charge in [-0.15, -0.1) is 11.8 Å². The van der Waals surface area contributed by atoms with Crippen LogP contribution in [0.25, 0.3) is 0 Å². The van der Waals surface area contributed by atoms with Crippen LogP contribution in [0.5, 0.6) is 11.5 Å². The predicted molar refractivity (Wildman–Crippen MR) is 115 cm³/mol. The van der Waals surface area contributed by atoms with Gasteiger partial charge in [-0.2, -0.15) is 0 Å². The Morgan fingerprint density at radius 3 is 2.55 bits per heavy atom. The molecule has 1 aliphatic heterocycles. The monoisotopic (exact) mass is 413 g/mol. The molecule has 1 fully saturated rings. The van der Waals surface area contributed by atoms with Gasteiger partial charge in [0.2, 0.25) is 5.91 Å². The van der Waals surface area contributed by atoms with E-state index in [-0.39, 0.29) is 11.3 Å². The van der Waals surface area contributed by atoms with Gasteiger partial charge in [0.05, 0.1) is 0 Å². The summed E-state index contributed by atoms with van der Waals surface area (Å²) in [5.41, 5.74) is 0.883. The molecule has 1 aliphatic rings. The number of thioether (sulfide) groups is 1. The maximum Gasteiger partial charge on any atom is 0.327 e. The van der Waals surface area contributed by atoms with Crippen LogP contribution in [0.4, 0.5) is 0 Å². The number of hydrogen-bond acceptors (Lipinski definition) is 4. The summed E-state index contributed by atoms with van der Waals surface area (Å²) < 4.78 is 5.91. The fraction of sp³-hybridized carbons (Fsp3) is 0.391. The highest BCUT2D eigenvalue weighted by Gasteiger charge is 2.42. The molecule has 1 saturated heterocycles. The summed E-state index contributed by atoms with van der Waals surface area (Å²) in [6.45, 7) is 2.12. The standard InChI is InChI=1S/C23H27NO4S/c1-2-3-4-8-14-21(25)24-20(23(26)27)16-29-22(24)17-10-9-13-19(15-17)28-18-11-6-5-7-12-18/h5-7,9-13,15,20,22H,2-4,8,14,16H2,1H3,(H,26,27). The number of aliphatic carboxylic acids is 1. The predicted octanol–water partition coefficient (Wildman–Crippen LogP) is 5.48. The average molecular weight is 414 g/mol. The third-order valence-corrected chi connectivity index (χ3v) is 6.26. The Morgan fingerprint density at radius 1 is 1.07 bits per heavy atom. The van der Waals surface area contributed by atoms with Gasteiger partial charge in [-0.1, -0.05) is 56.5 Å². The zero-order valence-electron chi connectivity index (χ0n) is 16.6. The number of carboxylic acids is 1. The zero-order valence-corrected chi connectivity index (χ0v) is 17.4. The molecule has 2 unspecified atom stereocenters. The van der Waals surface area contributed by atoms with Crippen molar-refractivity contribution in [3.63, 3.8) is 0 Å². The van der Waals surface area contributed by atoms with Crippen LogP contribution in [0.3, 0.4) is 0 Å². The molecule has 6 heteroatoms. The van der Waals surface area contributed by atoms with Crippen molar-refractivity contribution in [3.8, 4) is 11.5 Å². The van der Waals surface area contributed by atoms with Gasteiger partial charge in [-0.25, -0.2) is 4.79 Å². The summed E-state index contributed by atoms with van der Waals surface area (Å²) >= 11 is 1.50. The fourth-order valence-corrected chi connectivity index (χ4v) is 4.88. The number of rotatable bonds is 9. The van der Waals surface area contributed by atoms with E-state index in [1.54, 1.807) is 4.90 Å². The number of unbranched alkanes of at least 4 members (excludes halogenated alkanes) is 3. The highest BCUT2D eigenvalue weighted by Crippen LogP contribution is 2.43. The second kappa shape index (κ2) is 10.3. The Kier molecular flexibility index (Phi) is 7.58. The van der Waals surface area contributed by atoms with E-state index in [0.717, 1.165) is 37.0 Å². The van der Waals surface area contributed by atoms with Gasteiger partial charge in [0.25, 0.3) is 0 Å². The third-order valence-electron chi connectivity index (χ3n) is 4.94. The molecule has 0 aromatic heterocycles. The largest absolute Gasteiger partial charge is 0.480 e. The van der Waals surface area contributed by atoms with Crippen LogP contribution >= 0.6 is 11.8 Å². The molecular weight excluding hydrogens is 386 g/mol. The Balaban J connectivity index is 1.77. The first-order valence-corrected chi connectivity index (χ1v) is 11.1. The highest BCUT2D eigenvalue weighted by molar-refractivity contribution is 7.99. The lowest BCUT2D eigenvalue weighted by Crippen LogP contribution is -2.42. The summed E-state index contributed by atoms with van der Waals surface area (Å²) in [5, 5.41) is 9.31.